The standard InChI is InChI=1S/C20H23N3O3S/c1-12-5-8-15(22-20(26)14-6-7-14)10-16(12)23-19(25)11-17(21-13(2)24)18-4-3-9-27-18/h3-5,8-10,14,17H,6-7,11H2,1-2H3,(H,21,24)(H,22,26)(H,23,25). The molecule has 27 heavy (non-hydrogen) atoms. The van der Waals surface area contributed by atoms with Crippen molar-refractivity contribution >= 4 is 40.4 Å². The maximum absolute atomic E-state index is 12.6. The van der Waals surface area contributed by atoms with Gasteiger partial charge in [0.05, 0.1) is 12.5 Å². The molecule has 1 fully saturated rings. The van der Waals surface area contributed by atoms with Crippen molar-refractivity contribution in [2.24, 2.45) is 5.92 Å². The summed E-state index contributed by atoms with van der Waals surface area (Å²) in [5.74, 6) is -0.230. The Morgan fingerprint density at radius 1 is 1.19 bits per heavy atom. The minimum atomic E-state index is -0.361. The zero-order valence-electron chi connectivity index (χ0n) is 15.4. The highest BCUT2D eigenvalue weighted by molar-refractivity contribution is 7.10. The van der Waals surface area contributed by atoms with Crippen LogP contribution in [0.2, 0.25) is 0 Å². The molecule has 1 saturated carbocycles. The Bertz CT molecular complexity index is 844. The van der Waals surface area contributed by atoms with Crippen LogP contribution in [0.1, 0.15) is 42.7 Å². The first-order valence-corrected chi connectivity index (χ1v) is 9.82. The lowest BCUT2D eigenvalue weighted by Gasteiger charge is -2.17. The van der Waals surface area contributed by atoms with Crippen molar-refractivity contribution in [2.45, 2.75) is 39.2 Å². The molecule has 1 aliphatic carbocycles. The largest absolute Gasteiger partial charge is 0.348 e. The monoisotopic (exact) mass is 385 g/mol. The molecule has 3 amide bonds. The molecule has 7 heteroatoms. The molecule has 3 N–H and O–H groups in total. The van der Waals surface area contributed by atoms with Gasteiger partial charge in [-0.3, -0.25) is 14.4 Å². The van der Waals surface area contributed by atoms with E-state index in [9.17, 15) is 14.4 Å². The number of benzene rings is 1. The predicted molar refractivity (Wildman–Crippen MR) is 107 cm³/mol. The smallest absolute Gasteiger partial charge is 0.227 e. The van der Waals surface area contributed by atoms with E-state index >= 15 is 0 Å². The second-order valence-electron chi connectivity index (χ2n) is 6.81. The van der Waals surface area contributed by atoms with Gasteiger partial charge in [0.2, 0.25) is 17.7 Å². The summed E-state index contributed by atoms with van der Waals surface area (Å²) < 4.78 is 0. The van der Waals surface area contributed by atoms with Gasteiger partial charge in [-0.25, -0.2) is 0 Å². The lowest BCUT2D eigenvalue weighted by Crippen LogP contribution is -2.29. The fourth-order valence-corrected chi connectivity index (χ4v) is 3.55. The molecule has 3 rings (SSSR count). The quantitative estimate of drug-likeness (QED) is 0.680. The number of rotatable bonds is 7. The Morgan fingerprint density at radius 2 is 1.96 bits per heavy atom. The van der Waals surface area contributed by atoms with Crippen molar-refractivity contribution in [3.8, 4) is 0 Å². The third kappa shape index (κ3) is 5.40. The van der Waals surface area contributed by atoms with Crippen LogP contribution in [-0.2, 0) is 14.4 Å². The highest BCUT2D eigenvalue weighted by atomic mass is 32.1. The van der Waals surface area contributed by atoms with Crippen molar-refractivity contribution in [3.05, 3.63) is 46.2 Å². The van der Waals surface area contributed by atoms with Crippen LogP contribution in [0, 0.1) is 12.8 Å². The van der Waals surface area contributed by atoms with Gasteiger partial charge in [0, 0.05) is 29.1 Å². The van der Waals surface area contributed by atoms with Crippen molar-refractivity contribution in [1.29, 1.82) is 0 Å². The van der Waals surface area contributed by atoms with Crippen LogP contribution in [0.4, 0.5) is 11.4 Å². The number of aryl methyl sites for hydroxylation is 1. The Balaban J connectivity index is 1.66. The summed E-state index contributed by atoms with van der Waals surface area (Å²) in [4.78, 5) is 36.9. The highest BCUT2D eigenvalue weighted by Crippen LogP contribution is 2.31. The maximum atomic E-state index is 12.6. The normalized spacial score (nSPS) is 14.3. The van der Waals surface area contributed by atoms with E-state index in [1.807, 2.05) is 36.6 Å². The number of nitrogens with one attached hydrogen (secondary N) is 3. The van der Waals surface area contributed by atoms with Crippen molar-refractivity contribution in [3.63, 3.8) is 0 Å². The van der Waals surface area contributed by atoms with E-state index in [-0.39, 0.29) is 36.1 Å². The maximum Gasteiger partial charge on any atom is 0.227 e. The van der Waals surface area contributed by atoms with Crippen molar-refractivity contribution in [1.82, 2.24) is 5.32 Å². The zero-order valence-corrected chi connectivity index (χ0v) is 16.2. The number of amides is 3. The first kappa shape index (κ1) is 19.1. The molecule has 1 aromatic heterocycles. The van der Waals surface area contributed by atoms with Gasteiger partial charge in [-0.2, -0.15) is 0 Å². The predicted octanol–water partition coefficient (Wildman–Crippen LogP) is 3.61. The molecule has 0 radical (unpaired) electrons. The Labute approximate surface area is 162 Å². The molecule has 1 unspecified atom stereocenters. The molecule has 0 aliphatic heterocycles. The zero-order chi connectivity index (χ0) is 19.4. The summed E-state index contributed by atoms with van der Waals surface area (Å²) in [5.41, 5.74) is 2.23. The fourth-order valence-electron chi connectivity index (χ4n) is 2.77. The fraction of sp³-hybridized carbons (Fsp3) is 0.350. The number of carbonyl (C=O) groups is 3. The van der Waals surface area contributed by atoms with Crippen LogP contribution in [0.3, 0.4) is 0 Å². The molecule has 1 atom stereocenters. The summed E-state index contributed by atoms with van der Waals surface area (Å²) in [6.45, 7) is 3.33. The van der Waals surface area contributed by atoms with Crippen LogP contribution in [0.25, 0.3) is 0 Å². The van der Waals surface area contributed by atoms with Gasteiger partial charge in [0.1, 0.15) is 0 Å². The molecule has 0 saturated heterocycles. The Morgan fingerprint density at radius 3 is 2.59 bits per heavy atom. The minimum Gasteiger partial charge on any atom is -0.348 e. The summed E-state index contributed by atoms with van der Waals surface area (Å²) in [7, 11) is 0. The van der Waals surface area contributed by atoms with Crippen molar-refractivity contribution in [2.75, 3.05) is 10.6 Å². The van der Waals surface area contributed by atoms with E-state index in [1.165, 1.54) is 18.3 Å². The van der Waals surface area contributed by atoms with Gasteiger partial charge < -0.3 is 16.0 Å². The van der Waals surface area contributed by atoms with Crippen LogP contribution in [-0.4, -0.2) is 17.7 Å². The summed E-state index contributed by atoms with van der Waals surface area (Å²) in [6.07, 6.45) is 2.02. The van der Waals surface area contributed by atoms with Gasteiger partial charge in [0.25, 0.3) is 0 Å². The van der Waals surface area contributed by atoms with Crippen LogP contribution in [0.5, 0.6) is 0 Å². The number of anilines is 2. The van der Waals surface area contributed by atoms with Gasteiger partial charge in [-0.1, -0.05) is 12.1 Å². The minimum absolute atomic E-state index is 0.0274. The highest BCUT2D eigenvalue weighted by Gasteiger charge is 2.29. The molecule has 142 valence electrons. The second-order valence-corrected chi connectivity index (χ2v) is 7.79. The molecular weight excluding hydrogens is 362 g/mol. The second kappa shape index (κ2) is 8.35. The molecule has 1 aromatic carbocycles. The summed E-state index contributed by atoms with van der Waals surface area (Å²) >= 11 is 1.50. The average molecular weight is 385 g/mol. The SMILES string of the molecule is CC(=O)NC(CC(=O)Nc1cc(NC(=O)C2CC2)ccc1C)c1cccs1. The Kier molecular flexibility index (Phi) is 5.91. The summed E-state index contributed by atoms with van der Waals surface area (Å²) in [6, 6.07) is 8.90. The lowest BCUT2D eigenvalue weighted by molar-refractivity contribution is -0.120. The average Bonchev–Trinajstić information content (AvgIpc) is 3.31. The molecule has 1 aliphatic rings. The number of carbonyl (C=O) groups excluding carboxylic acids is 3. The van der Waals surface area contributed by atoms with Gasteiger partial charge >= 0.3 is 0 Å². The van der Waals surface area contributed by atoms with E-state index in [4.69, 9.17) is 0 Å². The lowest BCUT2D eigenvalue weighted by atomic mass is 10.1. The number of thiophene rings is 1. The van der Waals surface area contributed by atoms with Gasteiger partial charge in [0.15, 0.2) is 0 Å². The molecular formula is C20H23N3O3S. The van der Waals surface area contributed by atoms with Gasteiger partial charge in [-0.15, -0.1) is 11.3 Å². The van der Waals surface area contributed by atoms with Crippen LogP contribution >= 0.6 is 11.3 Å². The van der Waals surface area contributed by atoms with E-state index in [0.29, 0.717) is 11.4 Å². The molecule has 1 heterocycles. The van der Waals surface area contributed by atoms with Crippen LogP contribution in [0.15, 0.2) is 35.7 Å². The number of hydrogen-bond donors (Lipinski definition) is 3. The number of hydrogen-bond acceptors (Lipinski definition) is 4. The topological polar surface area (TPSA) is 87.3 Å². The third-order valence-corrected chi connectivity index (χ3v) is 5.37. The molecule has 2 aromatic rings. The Hall–Kier alpha value is -2.67. The van der Waals surface area contributed by atoms with Crippen LogP contribution < -0.4 is 16.0 Å². The molecule has 0 spiro atoms. The third-order valence-electron chi connectivity index (χ3n) is 4.38. The molecule has 6 nitrogen and oxygen atoms in total. The van der Waals surface area contributed by atoms with Crippen molar-refractivity contribution < 1.29 is 14.4 Å². The first-order valence-electron chi connectivity index (χ1n) is 8.94. The van der Waals surface area contributed by atoms with E-state index in [0.717, 1.165) is 23.3 Å². The van der Waals surface area contributed by atoms with E-state index in [1.54, 1.807) is 6.07 Å². The van der Waals surface area contributed by atoms with E-state index < -0.39 is 0 Å². The molecule has 0 bridgehead atoms. The first-order chi connectivity index (χ1) is 12.9. The summed E-state index contributed by atoms with van der Waals surface area (Å²) in [5, 5.41) is 10.5. The van der Waals surface area contributed by atoms with Gasteiger partial charge in [-0.05, 0) is 48.9 Å². The van der Waals surface area contributed by atoms with E-state index in [2.05, 4.69) is 16.0 Å².